The van der Waals surface area contributed by atoms with Crippen LogP contribution in [0.3, 0.4) is 0 Å². The average molecular weight is 545 g/mol. The lowest BCUT2D eigenvalue weighted by Crippen LogP contribution is -2.57. The smallest absolute Gasteiger partial charge is 0.218 e. The summed E-state index contributed by atoms with van der Waals surface area (Å²) in [5.41, 5.74) is 8.37. The maximum Gasteiger partial charge on any atom is 0.218 e. The zero-order chi connectivity index (χ0) is 26.5. The molecule has 8 heteroatoms. The van der Waals surface area contributed by atoms with Gasteiger partial charge in [0, 0.05) is 53.2 Å². The Labute approximate surface area is 231 Å². The van der Waals surface area contributed by atoms with E-state index in [1.54, 1.807) is 12.1 Å². The lowest BCUT2D eigenvalue weighted by Gasteiger charge is -2.39. The quantitative estimate of drug-likeness (QED) is 0.306. The zero-order valence-corrected chi connectivity index (χ0v) is 23.5. The largest absolute Gasteiger partial charge is 0.370 e. The maximum absolute atomic E-state index is 11.9. The lowest BCUT2D eigenvalue weighted by atomic mass is 9.86. The summed E-state index contributed by atoms with van der Waals surface area (Å²) in [5, 5.41) is 8.34. The fraction of sp³-hybridized carbons (Fsp3) is 0.517. The topological polar surface area (TPSA) is 82.8 Å². The van der Waals surface area contributed by atoms with Gasteiger partial charge >= 0.3 is 0 Å². The van der Waals surface area contributed by atoms with E-state index in [1.165, 1.54) is 19.3 Å². The summed E-state index contributed by atoms with van der Waals surface area (Å²) in [6, 6.07) is 14.6. The molecule has 1 amide bonds. The van der Waals surface area contributed by atoms with Crippen molar-refractivity contribution in [2.45, 2.75) is 76.9 Å². The van der Waals surface area contributed by atoms with Crippen LogP contribution < -0.4 is 16.4 Å². The van der Waals surface area contributed by atoms with Gasteiger partial charge in [-0.3, -0.25) is 4.79 Å². The van der Waals surface area contributed by atoms with Gasteiger partial charge < -0.3 is 21.3 Å². The Hall–Kier alpha value is -2.28. The second-order valence-corrected chi connectivity index (χ2v) is 11.6. The number of carbonyl (C=O) groups excluding carboxylic acids is 1. The highest BCUT2D eigenvalue weighted by Gasteiger charge is 2.27. The number of rotatable bonds is 6. The van der Waals surface area contributed by atoms with E-state index in [-0.39, 0.29) is 18.2 Å². The molecule has 0 radical (unpaired) electrons. The lowest BCUT2D eigenvalue weighted by molar-refractivity contribution is -0.118. The van der Waals surface area contributed by atoms with Gasteiger partial charge in [0.25, 0.3) is 0 Å². The SMILES string of the molecule is CC1CN(/C(=N/[C@@H]2CCCC[C@H]2C)Nc2ccc(C(CC(N)=O)c3ccc(Cl)cc3Cl)cc2)CC(C)N1. The number of hydrogen-bond acceptors (Lipinski definition) is 3. The molecule has 37 heavy (non-hydrogen) atoms. The molecule has 2 fully saturated rings. The first-order chi connectivity index (χ1) is 17.7. The van der Waals surface area contributed by atoms with Gasteiger partial charge in [-0.25, -0.2) is 4.99 Å². The number of halogens is 2. The summed E-state index contributed by atoms with van der Waals surface area (Å²) in [7, 11) is 0. The molecular formula is C29H39Cl2N5O. The van der Waals surface area contributed by atoms with Crippen molar-refractivity contribution in [2.75, 3.05) is 18.4 Å². The van der Waals surface area contributed by atoms with Crippen LogP contribution in [-0.4, -0.2) is 48.0 Å². The van der Waals surface area contributed by atoms with Crippen molar-refractivity contribution in [3.63, 3.8) is 0 Å². The van der Waals surface area contributed by atoms with Crippen LogP contribution in [0.5, 0.6) is 0 Å². The summed E-state index contributed by atoms with van der Waals surface area (Å²) in [5.74, 6) is 0.907. The number of nitrogens with one attached hydrogen (secondary N) is 2. The van der Waals surface area contributed by atoms with E-state index in [0.717, 1.165) is 42.3 Å². The van der Waals surface area contributed by atoms with Crippen molar-refractivity contribution in [3.8, 4) is 0 Å². The average Bonchev–Trinajstić information content (AvgIpc) is 2.83. The van der Waals surface area contributed by atoms with Crippen molar-refractivity contribution in [2.24, 2.45) is 16.6 Å². The molecule has 2 aromatic rings. The number of hydrogen-bond donors (Lipinski definition) is 3. The van der Waals surface area contributed by atoms with Crippen LogP contribution >= 0.6 is 23.2 Å². The number of primary amides is 1. The van der Waals surface area contributed by atoms with Gasteiger partial charge in [-0.05, 0) is 68.0 Å². The highest BCUT2D eigenvalue weighted by molar-refractivity contribution is 6.35. The number of aliphatic imine (C=N–C) groups is 1. The van der Waals surface area contributed by atoms with Gasteiger partial charge in [0.05, 0.1) is 6.04 Å². The molecule has 3 unspecified atom stereocenters. The van der Waals surface area contributed by atoms with Gasteiger partial charge in [0.2, 0.25) is 5.91 Å². The third-order valence-corrected chi connectivity index (χ3v) is 8.09. The van der Waals surface area contributed by atoms with Crippen LogP contribution in [-0.2, 0) is 4.79 Å². The van der Waals surface area contributed by atoms with Crippen molar-refractivity contribution >= 4 is 40.8 Å². The van der Waals surface area contributed by atoms with Crippen LogP contribution in [0, 0.1) is 5.92 Å². The Kier molecular flexibility index (Phi) is 9.38. The second kappa shape index (κ2) is 12.5. The Morgan fingerprint density at radius 2 is 1.76 bits per heavy atom. The summed E-state index contributed by atoms with van der Waals surface area (Å²) in [6.07, 6.45) is 5.07. The number of guanidine groups is 1. The molecular weight excluding hydrogens is 505 g/mol. The zero-order valence-electron chi connectivity index (χ0n) is 22.0. The molecule has 5 atom stereocenters. The van der Waals surface area contributed by atoms with Crippen molar-refractivity contribution < 1.29 is 4.79 Å². The van der Waals surface area contributed by atoms with E-state index in [4.69, 9.17) is 33.9 Å². The van der Waals surface area contributed by atoms with E-state index in [0.29, 0.717) is 34.1 Å². The number of carbonyl (C=O) groups is 1. The molecule has 2 aromatic carbocycles. The standard InChI is InChI=1S/C29H39Cl2N5O/c1-18-6-4-5-7-27(18)35-29(36-16-19(2)33-20(3)17-36)34-23-11-8-21(9-12-23)25(15-28(32)37)24-13-10-22(30)14-26(24)31/h8-14,18-20,25,27,33H,4-7,15-17H2,1-3H3,(H2,32,37)(H,34,35)/t18-,19?,20?,25?,27-/m1/s1. The number of anilines is 1. The number of piperazine rings is 1. The molecule has 4 N–H and O–H groups in total. The molecule has 4 rings (SSSR count). The van der Waals surface area contributed by atoms with Gasteiger partial charge in [0.1, 0.15) is 0 Å². The maximum atomic E-state index is 11.9. The molecule has 6 nitrogen and oxygen atoms in total. The van der Waals surface area contributed by atoms with Gasteiger partial charge in [-0.1, -0.05) is 61.2 Å². The Morgan fingerprint density at radius 1 is 1.08 bits per heavy atom. The summed E-state index contributed by atoms with van der Waals surface area (Å²) in [6.45, 7) is 8.58. The molecule has 0 aromatic heterocycles. The van der Waals surface area contributed by atoms with E-state index in [2.05, 4.69) is 36.3 Å². The van der Waals surface area contributed by atoms with Crippen LogP contribution in [0.1, 0.15) is 69.9 Å². The molecule has 1 saturated carbocycles. The first-order valence-corrected chi connectivity index (χ1v) is 14.1. The van der Waals surface area contributed by atoms with Crippen LogP contribution in [0.4, 0.5) is 5.69 Å². The third kappa shape index (κ3) is 7.40. The highest BCUT2D eigenvalue weighted by atomic mass is 35.5. The van der Waals surface area contributed by atoms with Crippen molar-refractivity contribution in [1.29, 1.82) is 0 Å². The molecule has 0 bridgehead atoms. The fourth-order valence-electron chi connectivity index (χ4n) is 5.66. The van der Waals surface area contributed by atoms with Crippen LogP contribution in [0.25, 0.3) is 0 Å². The van der Waals surface area contributed by atoms with Crippen LogP contribution in [0.15, 0.2) is 47.5 Å². The third-order valence-electron chi connectivity index (χ3n) is 7.52. The Bertz CT molecular complexity index is 1100. The molecule has 1 saturated heterocycles. The first-order valence-electron chi connectivity index (χ1n) is 13.4. The van der Waals surface area contributed by atoms with Crippen LogP contribution in [0.2, 0.25) is 10.0 Å². The Morgan fingerprint density at radius 3 is 2.38 bits per heavy atom. The first kappa shape index (κ1) is 27.7. The van der Waals surface area contributed by atoms with Crippen molar-refractivity contribution in [1.82, 2.24) is 10.2 Å². The molecule has 0 spiro atoms. The molecule has 1 aliphatic carbocycles. The van der Waals surface area contributed by atoms with E-state index in [1.807, 2.05) is 30.3 Å². The molecule has 2 aliphatic rings. The molecule has 1 aliphatic heterocycles. The number of amides is 1. The number of nitrogens with two attached hydrogens (primary N) is 1. The minimum Gasteiger partial charge on any atom is -0.370 e. The molecule has 200 valence electrons. The highest BCUT2D eigenvalue weighted by Crippen LogP contribution is 2.35. The predicted octanol–water partition coefficient (Wildman–Crippen LogP) is 6.03. The minimum absolute atomic E-state index is 0.164. The van der Waals surface area contributed by atoms with E-state index < -0.39 is 0 Å². The number of nitrogens with zero attached hydrogens (tertiary/aromatic N) is 2. The van der Waals surface area contributed by atoms with Gasteiger partial charge in [-0.2, -0.15) is 0 Å². The Balaban J connectivity index is 1.60. The second-order valence-electron chi connectivity index (χ2n) is 10.8. The minimum atomic E-state index is -0.379. The monoisotopic (exact) mass is 543 g/mol. The van der Waals surface area contributed by atoms with Gasteiger partial charge in [-0.15, -0.1) is 0 Å². The van der Waals surface area contributed by atoms with E-state index in [9.17, 15) is 4.79 Å². The summed E-state index contributed by atoms with van der Waals surface area (Å²) in [4.78, 5) is 19.6. The number of benzene rings is 2. The summed E-state index contributed by atoms with van der Waals surface area (Å²) < 4.78 is 0. The molecule has 1 heterocycles. The summed E-state index contributed by atoms with van der Waals surface area (Å²) >= 11 is 12.6. The normalized spacial score (nSPS) is 25.5. The fourth-order valence-corrected chi connectivity index (χ4v) is 6.20. The van der Waals surface area contributed by atoms with Gasteiger partial charge in [0.15, 0.2) is 5.96 Å². The van der Waals surface area contributed by atoms with E-state index >= 15 is 0 Å². The predicted molar refractivity (Wildman–Crippen MR) is 155 cm³/mol. The van der Waals surface area contributed by atoms with Crippen molar-refractivity contribution in [3.05, 3.63) is 63.6 Å².